The number of hydrogen-bond acceptors (Lipinski definition) is 3. The molecule has 0 saturated carbocycles. The number of aliphatic hydroxyl groups is 1. The molecule has 2 aromatic rings. The summed E-state index contributed by atoms with van der Waals surface area (Å²) >= 11 is 0. The van der Waals surface area contributed by atoms with Gasteiger partial charge >= 0.3 is 6.03 Å². The summed E-state index contributed by atoms with van der Waals surface area (Å²) in [6.45, 7) is 0.298. The number of hydrogen-bond donors (Lipinski definition) is 2. The number of nitrogens with zero attached hydrogens (tertiary/aromatic N) is 2. The molecule has 1 atom stereocenters. The number of aliphatic hydroxyl groups excluding tert-OH is 1. The molecular formula is C17H23N3O3. The van der Waals surface area contributed by atoms with Crippen LogP contribution in [0.3, 0.4) is 0 Å². The van der Waals surface area contributed by atoms with Gasteiger partial charge in [0.15, 0.2) is 0 Å². The van der Waals surface area contributed by atoms with Crippen LogP contribution in [0.15, 0.2) is 42.7 Å². The van der Waals surface area contributed by atoms with Crippen molar-refractivity contribution >= 4 is 6.03 Å². The van der Waals surface area contributed by atoms with Crippen molar-refractivity contribution < 1.29 is 14.6 Å². The summed E-state index contributed by atoms with van der Waals surface area (Å²) in [6, 6.07) is 8.64. The van der Waals surface area contributed by atoms with Gasteiger partial charge in [-0.1, -0.05) is 12.1 Å². The minimum Gasteiger partial charge on any atom is -0.497 e. The maximum absolute atomic E-state index is 12.3. The van der Waals surface area contributed by atoms with Crippen molar-refractivity contribution in [2.75, 3.05) is 20.8 Å². The number of carbonyl (C=O) groups is 1. The van der Waals surface area contributed by atoms with Gasteiger partial charge in [-0.2, -0.15) is 0 Å². The van der Waals surface area contributed by atoms with Crippen molar-refractivity contribution in [1.29, 1.82) is 0 Å². The van der Waals surface area contributed by atoms with Gasteiger partial charge < -0.3 is 24.6 Å². The Kier molecular flexibility index (Phi) is 5.65. The van der Waals surface area contributed by atoms with Crippen LogP contribution >= 0.6 is 0 Å². The summed E-state index contributed by atoms with van der Waals surface area (Å²) in [5.41, 5.74) is 1.88. The molecule has 0 fully saturated rings. The Morgan fingerprint density at radius 2 is 2.04 bits per heavy atom. The summed E-state index contributed by atoms with van der Waals surface area (Å²) in [7, 11) is 5.20. The highest BCUT2D eigenvalue weighted by molar-refractivity contribution is 5.74. The number of methoxy groups -OCH3 is 1. The topological polar surface area (TPSA) is 66.7 Å². The monoisotopic (exact) mass is 317 g/mol. The second-order valence-corrected chi connectivity index (χ2v) is 5.43. The molecule has 124 valence electrons. The van der Waals surface area contributed by atoms with Crippen LogP contribution in [0.2, 0.25) is 0 Å². The van der Waals surface area contributed by atoms with Crippen LogP contribution in [0.5, 0.6) is 5.75 Å². The molecule has 0 bridgehead atoms. The highest BCUT2D eigenvalue weighted by Crippen LogP contribution is 2.21. The van der Waals surface area contributed by atoms with E-state index < -0.39 is 6.04 Å². The Hall–Kier alpha value is -2.47. The van der Waals surface area contributed by atoms with Gasteiger partial charge in [-0.3, -0.25) is 0 Å². The molecule has 0 aliphatic rings. The zero-order valence-corrected chi connectivity index (χ0v) is 13.7. The van der Waals surface area contributed by atoms with Crippen molar-refractivity contribution in [1.82, 2.24) is 14.8 Å². The smallest absolute Gasteiger partial charge is 0.318 e. The van der Waals surface area contributed by atoms with E-state index in [1.54, 1.807) is 14.2 Å². The number of ether oxygens (including phenoxy) is 1. The molecule has 2 rings (SSSR count). The molecule has 0 unspecified atom stereocenters. The summed E-state index contributed by atoms with van der Waals surface area (Å²) in [4.78, 5) is 13.8. The van der Waals surface area contributed by atoms with E-state index in [-0.39, 0.29) is 12.6 Å². The molecule has 0 spiro atoms. The molecular weight excluding hydrogens is 294 g/mol. The van der Waals surface area contributed by atoms with Crippen LogP contribution in [0.1, 0.15) is 17.2 Å². The first kappa shape index (κ1) is 16.9. The molecule has 1 heterocycles. The van der Waals surface area contributed by atoms with Crippen molar-refractivity contribution in [2.45, 2.75) is 12.6 Å². The lowest BCUT2D eigenvalue weighted by atomic mass is 10.1. The largest absolute Gasteiger partial charge is 0.497 e. The first-order valence-corrected chi connectivity index (χ1v) is 7.41. The van der Waals surface area contributed by atoms with E-state index in [0.717, 1.165) is 16.9 Å². The number of rotatable bonds is 6. The van der Waals surface area contributed by atoms with Gasteiger partial charge in [0.25, 0.3) is 0 Å². The van der Waals surface area contributed by atoms with E-state index >= 15 is 0 Å². The summed E-state index contributed by atoms with van der Waals surface area (Å²) < 4.78 is 7.05. The highest BCUT2D eigenvalue weighted by atomic mass is 16.5. The van der Waals surface area contributed by atoms with Gasteiger partial charge in [0.2, 0.25) is 0 Å². The van der Waals surface area contributed by atoms with Crippen molar-refractivity contribution in [2.24, 2.45) is 7.05 Å². The first-order valence-electron chi connectivity index (χ1n) is 7.41. The second-order valence-electron chi connectivity index (χ2n) is 5.43. The van der Waals surface area contributed by atoms with Crippen LogP contribution in [-0.2, 0) is 13.6 Å². The van der Waals surface area contributed by atoms with E-state index in [2.05, 4.69) is 5.32 Å². The molecule has 0 aliphatic carbocycles. The van der Waals surface area contributed by atoms with E-state index in [1.165, 1.54) is 4.90 Å². The molecule has 0 saturated heterocycles. The molecule has 0 radical (unpaired) electrons. The summed E-state index contributed by atoms with van der Waals surface area (Å²) in [6.07, 6.45) is 3.88. The summed E-state index contributed by atoms with van der Waals surface area (Å²) in [5, 5.41) is 12.5. The van der Waals surface area contributed by atoms with Gasteiger partial charge in [0, 0.05) is 33.0 Å². The molecule has 1 aromatic carbocycles. The van der Waals surface area contributed by atoms with Crippen molar-refractivity contribution in [3.63, 3.8) is 0 Å². The van der Waals surface area contributed by atoms with Crippen molar-refractivity contribution in [3.8, 4) is 5.75 Å². The van der Waals surface area contributed by atoms with Crippen LogP contribution in [-0.4, -0.2) is 41.4 Å². The number of aromatic nitrogens is 1. The zero-order chi connectivity index (χ0) is 16.8. The minimum absolute atomic E-state index is 0.151. The molecule has 2 N–H and O–H groups in total. The number of nitrogens with one attached hydrogen (secondary N) is 1. The van der Waals surface area contributed by atoms with E-state index in [4.69, 9.17) is 4.74 Å². The Bertz CT molecular complexity index is 637. The van der Waals surface area contributed by atoms with Crippen LogP contribution < -0.4 is 10.1 Å². The Morgan fingerprint density at radius 1 is 1.35 bits per heavy atom. The van der Waals surface area contributed by atoms with E-state index in [1.807, 2.05) is 54.3 Å². The van der Waals surface area contributed by atoms with Crippen molar-refractivity contribution in [3.05, 3.63) is 53.9 Å². The lowest BCUT2D eigenvalue weighted by molar-refractivity contribution is 0.149. The third-order valence-corrected chi connectivity index (χ3v) is 3.80. The van der Waals surface area contributed by atoms with Gasteiger partial charge in [-0.25, -0.2) is 4.79 Å². The number of likely N-dealkylation sites (N-methyl/N-ethyl adjacent to an activating group) is 1. The SMILES string of the molecule is COc1ccc([C@H](CO)N(C)C(=O)NCc2ccn(C)c2)cc1. The van der Waals surface area contributed by atoms with Gasteiger partial charge in [0.1, 0.15) is 5.75 Å². The predicted molar refractivity (Wildman–Crippen MR) is 88.2 cm³/mol. The highest BCUT2D eigenvalue weighted by Gasteiger charge is 2.20. The fourth-order valence-corrected chi connectivity index (χ4v) is 2.39. The number of aryl methyl sites for hydroxylation is 1. The fraction of sp³-hybridized carbons (Fsp3) is 0.353. The molecule has 6 nitrogen and oxygen atoms in total. The third-order valence-electron chi connectivity index (χ3n) is 3.80. The number of amides is 2. The first-order chi connectivity index (χ1) is 11.0. The van der Waals surface area contributed by atoms with Crippen LogP contribution in [0.4, 0.5) is 4.79 Å². The lowest BCUT2D eigenvalue weighted by Gasteiger charge is -2.27. The Morgan fingerprint density at radius 3 is 2.57 bits per heavy atom. The van der Waals surface area contributed by atoms with E-state index in [9.17, 15) is 9.90 Å². The number of benzene rings is 1. The van der Waals surface area contributed by atoms with Gasteiger partial charge in [-0.05, 0) is 29.3 Å². The average molecular weight is 317 g/mol. The Labute approximate surface area is 136 Å². The molecule has 6 heteroatoms. The molecule has 2 amide bonds. The van der Waals surface area contributed by atoms with Gasteiger partial charge in [-0.15, -0.1) is 0 Å². The molecule has 1 aromatic heterocycles. The quantitative estimate of drug-likeness (QED) is 0.855. The molecule has 23 heavy (non-hydrogen) atoms. The van der Waals surface area contributed by atoms with E-state index in [0.29, 0.717) is 6.54 Å². The summed E-state index contributed by atoms with van der Waals surface area (Å²) in [5.74, 6) is 0.738. The van der Waals surface area contributed by atoms with Crippen LogP contribution in [0, 0.1) is 0 Å². The van der Waals surface area contributed by atoms with Crippen LogP contribution in [0.25, 0.3) is 0 Å². The lowest BCUT2D eigenvalue weighted by Crippen LogP contribution is -2.40. The maximum Gasteiger partial charge on any atom is 0.318 e. The number of urea groups is 1. The third kappa shape index (κ3) is 4.26. The Balaban J connectivity index is 1.99. The normalized spacial score (nSPS) is 11.8. The predicted octanol–water partition coefficient (Wildman–Crippen LogP) is 1.91. The number of carbonyl (C=O) groups excluding carboxylic acids is 1. The zero-order valence-electron chi connectivity index (χ0n) is 13.7. The van der Waals surface area contributed by atoms with Gasteiger partial charge in [0.05, 0.1) is 19.8 Å². The standard InChI is InChI=1S/C17H23N3O3/c1-19-9-8-13(11-19)10-18-17(22)20(2)16(12-21)14-4-6-15(23-3)7-5-14/h4-9,11,16,21H,10,12H2,1-3H3,(H,18,22)/t16-/m0/s1. The molecule has 0 aliphatic heterocycles. The average Bonchev–Trinajstić information content (AvgIpc) is 2.99. The second kappa shape index (κ2) is 7.69. The maximum atomic E-state index is 12.3. The minimum atomic E-state index is -0.406. The fourth-order valence-electron chi connectivity index (χ4n) is 2.39.